The van der Waals surface area contributed by atoms with Crippen molar-refractivity contribution in [2.24, 2.45) is 5.92 Å². The van der Waals surface area contributed by atoms with Crippen molar-refractivity contribution in [2.45, 2.75) is 19.8 Å². The van der Waals surface area contributed by atoms with Gasteiger partial charge in [-0.25, -0.2) is 0 Å². The SMILES string of the molecule is CC1CCCN(C(=O)CN2CCN(c3ccc(O)cc3)CC2)C1. The van der Waals surface area contributed by atoms with E-state index in [2.05, 4.69) is 16.7 Å². The number of carbonyl (C=O) groups is 1. The minimum atomic E-state index is 0.287. The highest BCUT2D eigenvalue weighted by Crippen LogP contribution is 2.20. The molecule has 126 valence electrons. The number of likely N-dealkylation sites (tertiary alicyclic amines) is 1. The van der Waals surface area contributed by atoms with Gasteiger partial charge in [-0.3, -0.25) is 9.69 Å². The van der Waals surface area contributed by atoms with Crippen molar-refractivity contribution in [3.63, 3.8) is 0 Å². The van der Waals surface area contributed by atoms with Gasteiger partial charge in [0, 0.05) is 45.0 Å². The topological polar surface area (TPSA) is 47.0 Å². The van der Waals surface area contributed by atoms with Gasteiger partial charge in [0.25, 0.3) is 0 Å². The predicted molar refractivity (Wildman–Crippen MR) is 91.7 cm³/mol. The molecule has 0 saturated carbocycles. The number of anilines is 1. The molecule has 2 saturated heterocycles. The number of piperazine rings is 1. The Balaban J connectivity index is 1.47. The normalized spacial score (nSPS) is 23.1. The molecule has 0 aliphatic carbocycles. The first-order valence-corrected chi connectivity index (χ1v) is 8.66. The minimum Gasteiger partial charge on any atom is -0.508 e. The number of aromatic hydroxyl groups is 1. The lowest BCUT2D eigenvalue weighted by molar-refractivity contribution is -0.134. The van der Waals surface area contributed by atoms with Crippen LogP contribution in [0.5, 0.6) is 5.75 Å². The average molecular weight is 317 g/mol. The van der Waals surface area contributed by atoms with E-state index in [4.69, 9.17) is 0 Å². The summed E-state index contributed by atoms with van der Waals surface area (Å²) in [5.41, 5.74) is 1.14. The maximum absolute atomic E-state index is 12.4. The first-order chi connectivity index (χ1) is 11.1. The number of hydrogen-bond acceptors (Lipinski definition) is 4. The number of rotatable bonds is 3. The number of phenols is 1. The summed E-state index contributed by atoms with van der Waals surface area (Å²) in [5.74, 6) is 1.22. The second-order valence-electron chi connectivity index (χ2n) is 6.87. The van der Waals surface area contributed by atoms with Crippen molar-refractivity contribution in [3.8, 4) is 5.75 Å². The van der Waals surface area contributed by atoms with Gasteiger partial charge in [-0.2, -0.15) is 0 Å². The summed E-state index contributed by atoms with van der Waals surface area (Å²) >= 11 is 0. The van der Waals surface area contributed by atoms with E-state index >= 15 is 0 Å². The zero-order valence-corrected chi connectivity index (χ0v) is 13.9. The molecule has 1 amide bonds. The first kappa shape index (κ1) is 16.1. The molecule has 1 atom stereocenters. The Morgan fingerprint density at radius 1 is 1.13 bits per heavy atom. The van der Waals surface area contributed by atoms with Crippen LogP contribution in [0.2, 0.25) is 0 Å². The molecule has 1 unspecified atom stereocenters. The molecule has 1 N–H and O–H groups in total. The zero-order valence-electron chi connectivity index (χ0n) is 13.9. The van der Waals surface area contributed by atoms with Crippen LogP contribution in [-0.2, 0) is 4.79 Å². The van der Waals surface area contributed by atoms with Crippen molar-refractivity contribution in [3.05, 3.63) is 24.3 Å². The van der Waals surface area contributed by atoms with Crippen LogP contribution in [0.15, 0.2) is 24.3 Å². The smallest absolute Gasteiger partial charge is 0.236 e. The number of hydrogen-bond donors (Lipinski definition) is 1. The largest absolute Gasteiger partial charge is 0.508 e. The maximum Gasteiger partial charge on any atom is 0.236 e. The Morgan fingerprint density at radius 2 is 1.83 bits per heavy atom. The Hall–Kier alpha value is -1.75. The van der Waals surface area contributed by atoms with E-state index < -0.39 is 0 Å². The van der Waals surface area contributed by atoms with E-state index in [0.717, 1.165) is 51.4 Å². The third-order valence-electron chi connectivity index (χ3n) is 4.96. The fourth-order valence-electron chi connectivity index (χ4n) is 3.53. The number of carbonyl (C=O) groups excluding carboxylic acids is 1. The molecular weight excluding hydrogens is 290 g/mol. The summed E-state index contributed by atoms with van der Waals surface area (Å²) < 4.78 is 0. The average Bonchev–Trinajstić information content (AvgIpc) is 2.56. The molecule has 0 radical (unpaired) electrons. The second kappa shape index (κ2) is 7.21. The van der Waals surface area contributed by atoms with Crippen LogP contribution < -0.4 is 4.90 Å². The van der Waals surface area contributed by atoms with Crippen molar-refractivity contribution in [1.29, 1.82) is 0 Å². The molecule has 0 spiro atoms. The fraction of sp³-hybridized carbons (Fsp3) is 0.611. The third-order valence-corrected chi connectivity index (χ3v) is 4.96. The monoisotopic (exact) mass is 317 g/mol. The van der Waals surface area contributed by atoms with Crippen LogP contribution in [0.4, 0.5) is 5.69 Å². The van der Waals surface area contributed by atoms with Crippen molar-refractivity contribution in [1.82, 2.24) is 9.80 Å². The number of nitrogens with zero attached hydrogens (tertiary/aromatic N) is 3. The van der Waals surface area contributed by atoms with E-state index in [1.807, 2.05) is 17.0 Å². The Bertz CT molecular complexity index is 524. The molecule has 1 aromatic carbocycles. The Kier molecular flexibility index (Phi) is 5.06. The number of phenolic OH excluding ortho intramolecular Hbond substituents is 1. The van der Waals surface area contributed by atoms with Gasteiger partial charge in [-0.1, -0.05) is 6.92 Å². The summed E-state index contributed by atoms with van der Waals surface area (Å²) in [6, 6.07) is 7.35. The van der Waals surface area contributed by atoms with Gasteiger partial charge in [0.05, 0.1) is 6.54 Å². The number of piperidine rings is 1. The molecule has 5 nitrogen and oxygen atoms in total. The van der Waals surface area contributed by atoms with Gasteiger partial charge in [0.2, 0.25) is 5.91 Å². The van der Waals surface area contributed by atoms with Crippen LogP contribution in [0.1, 0.15) is 19.8 Å². The summed E-state index contributed by atoms with van der Waals surface area (Å²) in [7, 11) is 0. The van der Waals surface area contributed by atoms with Gasteiger partial charge in [-0.15, -0.1) is 0 Å². The van der Waals surface area contributed by atoms with Crippen LogP contribution in [0, 0.1) is 5.92 Å². The van der Waals surface area contributed by atoms with Gasteiger partial charge >= 0.3 is 0 Å². The maximum atomic E-state index is 12.4. The highest BCUT2D eigenvalue weighted by molar-refractivity contribution is 5.78. The Morgan fingerprint density at radius 3 is 2.48 bits per heavy atom. The summed E-state index contributed by atoms with van der Waals surface area (Å²) in [4.78, 5) is 19.1. The lowest BCUT2D eigenvalue weighted by Gasteiger charge is -2.37. The molecule has 2 aliphatic rings. The van der Waals surface area contributed by atoms with E-state index in [9.17, 15) is 9.90 Å². The lowest BCUT2D eigenvalue weighted by Crippen LogP contribution is -2.51. The molecule has 0 aromatic heterocycles. The van der Waals surface area contributed by atoms with E-state index in [1.165, 1.54) is 6.42 Å². The van der Waals surface area contributed by atoms with E-state index in [0.29, 0.717) is 18.2 Å². The number of benzene rings is 1. The zero-order chi connectivity index (χ0) is 16.2. The molecule has 1 aromatic rings. The second-order valence-corrected chi connectivity index (χ2v) is 6.87. The third kappa shape index (κ3) is 4.16. The van der Waals surface area contributed by atoms with Crippen LogP contribution in [-0.4, -0.2) is 66.6 Å². The van der Waals surface area contributed by atoms with Gasteiger partial charge in [-0.05, 0) is 43.0 Å². The van der Waals surface area contributed by atoms with Crippen molar-refractivity contribution in [2.75, 3.05) is 50.7 Å². The molecule has 2 aliphatic heterocycles. The fourth-order valence-corrected chi connectivity index (χ4v) is 3.53. The summed E-state index contributed by atoms with van der Waals surface area (Å²) in [5, 5.41) is 9.37. The van der Waals surface area contributed by atoms with Crippen LogP contribution >= 0.6 is 0 Å². The van der Waals surface area contributed by atoms with Crippen molar-refractivity contribution < 1.29 is 9.90 Å². The Labute approximate surface area is 138 Å². The molecular formula is C18H27N3O2. The van der Waals surface area contributed by atoms with Gasteiger partial charge < -0.3 is 14.9 Å². The summed E-state index contributed by atoms with van der Waals surface area (Å²) in [6.07, 6.45) is 2.39. The molecule has 0 bridgehead atoms. The molecule has 5 heteroatoms. The minimum absolute atomic E-state index is 0.287. The van der Waals surface area contributed by atoms with Gasteiger partial charge in [0.15, 0.2) is 0 Å². The first-order valence-electron chi connectivity index (χ1n) is 8.66. The van der Waals surface area contributed by atoms with Crippen molar-refractivity contribution >= 4 is 11.6 Å². The van der Waals surface area contributed by atoms with Gasteiger partial charge in [0.1, 0.15) is 5.75 Å². The quantitative estimate of drug-likeness (QED) is 0.923. The molecule has 3 rings (SSSR count). The van der Waals surface area contributed by atoms with E-state index in [1.54, 1.807) is 12.1 Å². The molecule has 2 heterocycles. The molecule has 23 heavy (non-hydrogen) atoms. The van der Waals surface area contributed by atoms with E-state index in [-0.39, 0.29) is 5.91 Å². The predicted octanol–water partition coefficient (Wildman–Crippen LogP) is 1.77. The highest BCUT2D eigenvalue weighted by Gasteiger charge is 2.24. The number of amides is 1. The standard InChI is InChI=1S/C18H27N3O2/c1-15-3-2-8-21(13-15)18(23)14-19-9-11-20(12-10-19)16-4-6-17(22)7-5-16/h4-7,15,22H,2-3,8-14H2,1H3. The molecule has 2 fully saturated rings. The van der Waals surface area contributed by atoms with Crippen LogP contribution in [0.25, 0.3) is 0 Å². The summed E-state index contributed by atoms with van der Waals surface area (Å²) in [6.45, 7) is 8.31. The highest BCUT2D eigenvalue weighted by atomic mass is 16.3. The lowest BCUT2D eigenvalue weighted by atomic mass is 10.0. The van der Waals surface area contributed by atoms with Crippen LogP contribution in [0.3, 0.4) is 0 Å².